The highest BCUT2D eigenvalue weighted by Crippen LogP contribution is 2.29. The molecule has 0 aliphatic carbocycles. The Balaban J connectivity index is 2.39. The van der Waals surface area contributed by atoms with E-state index in [2.05, 4.69) is 10.6 Å². The third-order valence-corrected chi connectivity index (χ3v) is 2.43. The van der Waals surface area contributed by atoms with Gasteiger partial charge in [-0.2, -0.15) is 18.4 Å². The van der Waals surface area contributed by atoms with Gasteiger partial charge in [0.15, 0.2) is 0 Å². The van der Waals surface area contributed by atoms with Crippen molar-refractivity contribution in [2.24, 2.45) is 0 Å². The molecular formula is C13H14F3N3O. The molecule has 4 nitrogen and oxygen atoms in total. The van der Waals surface area contributed by atoms with Crippen LogP contribution in [0.4, 0.5) is 13.2 Å². The van der Waals surface area contributed by atoms with E-state index in [1.165, 1.54) is 6.07 Å². The minimum Gasteiger partial charge on any atom is -0.354 e. The summed E-state index contributed by atoms with van der Waals surface area (Å²) in [5, 5.41) is 13.5. The lowest BCUT2D eigenvalue weighted by atomic mass is 10.1. The van der Waals surface area contributed by atoms with Crippen molar-refractivity contribution in [3.63, 3.8) is 0 Å². The Hall–Kier alpha value is -2.07. The van der Waals surface area contributed by atoms with Crippen LogP contribution in [0.2, 0.25) is 0 Å². The average Bonchev–Trinajstić information content (AvgIpc) is 2.38. The molecule has 0 heterocycles. The fraction of sp³-hybridized carbons (Fsp3) is 0.385. The van der Waals surface area contributed by atoms with E-state index >= 15 is 0 Å². The highest BCUT2D eigenvalue weighted by Gasteiger charge is 2.30. The lowest BCUT2D eigenvalue weighted by molar-refractivity contribution is -0.137. The van der Waals surface area contributed by atoms with Gasteiger partial charge < -0.3 is 10.6 Å². The minimum atomic E-state index is -4.37. The fourth-order valence-corrected chi connectivity index (χ4v) is 1.50. The molecule has 0 saturated carbocycles. The molecule has 1 aromatic carbocycles. The number of hydrogen-bond acceptors (Lipinski definition) is 3. The van der Waals surface area contributed by atoms with Gasteiger partial charge in [0.05, 0.1) is 24.6 Å². The number of nitrogens with one attached hydrogen (secondary N) is 2. The van der Waals surface area contributed by atoms with Gasteiger partial charge >= 0.3 is 6.18 Å². The lowest BCUT2D eigenvalue weighted by Crippen LogP contribution is -2.34. The molecule has 0 saturated heterocycles. The van der Waals surface area contributed by atoms with Crippen LogP contribution in [0.1, 0.15) is 17.5 Å². The summed E-state index contributed by atoms with van der Waals surface area (Å²) in [7, 11) is 0. The second-order valence-corrected chi connectivity index (χ2v) is 4.06. The van der Waals surface area contributed by atoms with Crippen molar-refractivity contribution >= 4 is 5.91 Å². The molecule has 0 radical (unpaired) electrons. The van der Waals surface area contributed by atoms with E-state index in [0.29, 0.717) is 5.56 Å². The Bertz CT molecular complexity index is 494. The highest BCUT2D eigenvalue weighted by atomic mass is 19.4. The lowest BCUT2D eigenvalue weighted by Gasteiger charge is -2.09. The minimum absolute atomic E-state index is 0.0122. The van der Waals surface area contributed by atoms with Crippen LogP contribution in [-0.4, -0.2) is 19.0 Å². The summed E-state index contributed by atoms with van der Waals surface area (Å²) in [4.78, 5) is 11.3. The first-order valence-corrected chi connectivity index (χ1v) is 5.94. The predicted octanol–water partition coefficient (Wildman–Crippen LogP) is 1.82. The van der Waals surface area contributed by atoms with Gasteiger partial charge in [-0.3, -0.25) is 4.79 Å². The van der Waals surface area contributed by atoms with Gasteiger partial charge in [0, 0.05) is 13.1 Å². The molecule has 0 aliphatic rings. The number of nitrogens with zero attached hydrogens (tertiary/aromatic N) is 1. The van der Waals surface area contributed by atoms with Crippen molar-refractivity contribution in [1.82, 2.24) is 10.6 Å². The number of nitriles is 1. The van der Waals surface area contributed by atoms with Crippen LogP contribution < -0.4 is 10.6 Å². The van der Waals surface area contributed by atoms with Crippen LogP contribution in [0.25, 0.3) is 0 Å². The number of amides is 1. The van der Waals surface area contributed by atoms with Gasteiger partial charge in [0.1, 0.15) is 0 Å². The van der Waals surface area contributed by atoms with Crippen LogP contribution in [0.15, 0.2) is 24.3 Å². The van der Waals surface area contributed by atoms with E-state index < -0.39 is 11.7 Å². The first kappa shape index (κ1) is 16.0. The Morgan fingerprint density at radius 1 is 1.35 bits per heavy atom. The summed E-state index contributed by atoms with van der Waals surface area (Å²) >= 11 is 0. The van der Waals surface area contributed by atoms with Crippen molar-refractivity contribution < 1.29 is 18.0 Å². The van der Waals surface area contributed by atoms with Gasteiger partial charge in [-0.25, -0.2) is 0 Å². The maximum atomic E-state index is 12.5. The van der Waals surface area contributed by atoms with E-state index in [-0.39, 0.29) is 32.0 Å². The number of benzene rings is 1. The van der Waals surface area contributed by atoms with Gasteiger partial charge in [0.25, 0.3) is 0 Å². The van der Waals surface area contributed by atoms with Crippen LogP contribution in [0.5, 0.6) is 0 Å². The molecule has 0 spiro atoms. The summed E-state index contributed by atoms with van der Waals surface area (Å²) < 4.78 is 37.4. The second-order valence-electron chi connectivity index (χ2n) is 4.06. The van der Waals surface area contributed by atoms with E-state index in [0.717, 1.165) is 12.1 Å². The summed E-state index contributed by atoms with van der Waals surface area (Å²) in [5.41, 5.74) is -0.264. The maximum Gasteiger partial charge on any atom is 0.416 e. The highest BCUT2D eigenvalue weighted by molar-refractivity contribution is 5.77. The smallest absolute Gasteiger partial charge is 0.354 e. The second kappa shape index (κ2) is 7.50. The number of halogens is 3. The van der Waals surface area contributed by atoms with Crippen molar-refractivity contribution in [1.29, 1.82) is 5.26 Å². The summed E-state index contributed by atoms with van der Waals surface area (Å²) in [5.74, 6) is -0.299. The van der Waals surface area contributed by atoms with Crippen LogP contribution in [-0.2, 0) is 17.5 Å². The molecule has 0 atom stereocenters. The molecule has 0 fully saturated rings. The first-order chi connectivity index (χ1) is 9.43. The van der Waals surface area contributed by atoms with Crippen LogP contribution in [0.3, 0.4) is 0 Å². The van der Waals surface area contributed by atoms with Gasteiger partial charge in [-0.1, -0.05) is 18.2 Å². The molecule has 20 heavy (non-hydrogen) atoms. The molecule has 1 aromatic rings. The average molecular weight is 285 g/mol. The zero-order valence-corrected chi connectivity index (χ0v) is 10.6. The molecular weight excluding hydrogens is 271 g/mol. The molecule has 0 bridgehead atoms. The predicted molar refractivity (Wildman–Crippen MR) is 66.4 cm³/mol. The topological polar surface area (TPSA) is 64.9 Å². The van der Waals surface area contributed by atoms with E-state index in [4.69, 9.17) is 5.26 Å². The largest absolute Gasteiger partial charge is 0.416 e. The van der Waals surface area contributed by atoms with Gasteiger partial charge in [-0.05, 0) is 11.6 Å². The van der Waals surface area contributed by atoms with Crippen molar-refractivity contribution in [3.8, 4) is 6.07 Å². The van der Waals surface area contributed by atoms with Gasteiger partial charge in [-0.15, -0.1) is 0 Å². The summed E-state index contributed by atoms with van der Waals surface area (Å²) in [6.45, 7) is 0.415. The third kappa shape index (κ3) is 5.71. The van der Waals surface area contributed by atoms with E-state index in [9.17, 15) is 18.0 Å². The Kier molecular flexibility index (Phi) is 6.00. The Labute approximate surface area is 114 Å². The number of carbonyl (C=O) groups is 1. The number of carbonyl (C=O) groups excluding carboxylic acids is 1. The molecule has 7 heteroatoms. The summed E-state index contributed by atoms with van der Waals surface area (Å²) in [6.07, 6.45) is -4.15. The molecule has 0 aromatic heterocycles. The fourth-order valence-electron chi connectivity index (χ4n) is 1.50. The normalized spacial score (nSPS) is 10.9. The first-order valence-electron chi connectivity index (χ1n) is 5.94. The zero-order chi connectivity index (χ0) is 15.0. The van der Waals surface area contributed by atoms with Crippen LogP contribution in [0, 0.1) is 11.3 Å². The molecule has 0 unspecified atom stereocenters. The number of hydrogen-bond donors (Lipinski definition) is 2. The Morgan fingerprint density at radius 3 is 2.75 bits per heavy atom. The third-order valence-electron chi connectivity index (χ3n) is 2.43. The van der Waals surface area contributed by atoms with E-state index in [1.807, 2.05) is 6.07 Å². The van der Waals surface area contributed by atoms with Crippen molar-refractivity contribution in [3.05, 3.63) is 35.4 Å². The standard InChI is InChI=1S/C13H14F3N3O/c14-13(15,16)11-4-1-3-10(7-11)8-18-9-12(20)19-6-2-5-17/h1,3-4,7,18H,2,6,8-9H2,(H,19,20). The Morgan fingerprint density at radius 2 is 2.10 bits per heavy atom. The molecule has 108 valence electrons. The molecule has 2 N–H and O–H groups in total. The van der Waals surface area contributed by atoms with Gasteiger partial charge in [0.2, 0.25) is 5.91 Å². The molecule has 1 rings (SSSR count). The quantitative estimate of drug-likeness (QED) is 0.784. The maximum absolute atomic E-state index is 12.5. The zero-order valence-electron chi connectivity index (χ0n) is 10.6. The van der Waals surface area contributed by atoms with Crippen LogP contribution >= 0.6 is 0 Å². The number of alkyl halides is 3. The molecule has 1 amide bonds. The molecule has 0 aliphatic heterocycles. The van der Waals surface area contributed by atoms with E-state index in [1.54, 1.807) is 6.07 Å². The number of rotatable bonds is 6. The summed E-state index contributed by atoms with van der Waals surface area (Å²) in [6, 6.07) is 6.80. The monoisotopic (exact) mass is 285 g/mol. The van der Waals surface area contributed by atoms with Crippen molar-refractivity contribution in [2.75, 3.05) is 13.1 Å². The van der Waals surface area contributed by atoms with Crippen molar-refractivity contribution in [2.45, 2.75) is 19.1 Å². The SMILES string of the molecule is N#CCCNC(=O)CNCc1cccc(C(F)(F)F)c1.